The number of non-ortho nitro benzene ring substituents is 1. The zero-order chi connectivity index (χ0) is 21.4. The number of anilines is 2. The van der Waals surface area contributed by atoms with Gasteiger partial charge in [0.05, 0.1) is 37.2 Å². The maximum Gasteiger partial charge on any atom is 0.418 e. The molecule has 0 unspecified atom stereocenters. The van der Waals surface area contributed by atoms with Gasteiger partial charge in [0.1, 0.15) is 5.69 Å². The zero-order valence-corrected chi connectivity index (χ0v) is 17.4. The Labute approximate surface area is 179 Å². The molecule has 0 aromatic heterocycles. The van der Waals surface area contributed by atoms with E-state index in [2.05, 4.69) is 0 Å². The lowest BCUT2D eigenvalue weighted by atomic mass is 10.1. The monoisotopic (exact) mass is 549 g/mol. The Kier molecular flexibility index (Phi) is 6.61. The normalized spacial score (nSPS) is 11.4. The fourth-order valence-corrected chi connectivity index (χ4v) is 4.25. The third-order valence-corrected chi connectivity index (χ3v) is 4.82. The molecule has 0 aliphatic rings. The molecule has 0 N–H and O–H groups in total. The maximum atomic E-state index is 13.7. The zero-order valence-electron chi connectivity index (χ0n) is 13.8. The summed E-state index contributed by atoms with van der Waals surface area (Å²) in [4.78, 5) is 21.1. The van der Waals surface area contributed by atoms with Crippen molar-refractivity contribution in [3.05, 3.63) is 63.7 Å². The Hall–Kier alpha value is -1.86. The van der Waals surface area contributed by atoms with Crippen molar-refractivity contribution < 1.29 is 23.0 Å². The average Bonchev–Trinajstić information content (AvgIpc) is 2.55. The summed E-state index contributed by atoms with van der Waals surface area (Å²) in [6, 6.07) is 3.58. The van der Waals surface area contributed by atoms with E-state index in [0.717, 1.165) is 4.90 Å². The summed E-state index contributed by atoms with van der Waals surface area (Å²) in [6.45, 7) is 1.26. The number of hydrogen-bond acceptors (Lipinski definition) is 5. The molecule has 150 valence electrons. The molecule has 2 rings (SSSR count). The first-order chi connectivity index (χ1) is 12.9. The van der Waals surface area contributed by atoms with Crippen LogP contribution < -0.4 is 4.90 Å². The Morgan fingerprint density at radius 1 is 1.04 bits per heavy atom. The molecule has 0 amide bonds. The van der Waals surface area contributed by atoms with Crippen LogP contribution in [-0.4, -0.2) is 16.4 Å². The van der Waals surface area contributed by atoms with Gasteiger partial charge < -0.3 is 4.90 Å². The third kappa shape index (κ3) is 4.41. The molecule has 13 heteroatoms. The van der Waals surface area contributed by atoms with Crippen molar-refractivity contribution in [1.82, 2.24) is 0 Å². The van der Waals surface area contributed by atoms with Gasteiger partial charge in [-0.3, -0.25) is 20.2 Å². The second kappa shape index (κ2) is 8.25. The van der Waals surface area contributed by atoms with Crippen molar-refractivity contribution in [2.75, 3.05) is 11.4 Å². The summed E-state index contributed by atoms with van der Waals surface area (Å²) in [5.74, 6) is 0. The number of halogens is 6. The number of nitro groups is 2. The van der Waals surface area contributed by atoms with Gasteiger partial charge in [-0.2, -0.15) is 13.2 Å². The van der Waals surface area contributed by atoms with Gasteiger partial charge in [-0.15, -0.1) is 0 Å². The van der Waals surface area contributed by atoms with E-state index in [4.69, 9.17) is 23.2 Å². The van der Waals surface area contributed by atoms with Crippen LogP contribution in [-0.2, 0) is 6.18 Å². The number of nitrogens with zero attached hydrogens (tertiary/aromatic N) is 3. The third-order valence-electron chi connectivity index (χ3n) is 3.63. The summed E-state index contributed by atoms with van der Waals surface area (Å²) in [7, 11) is 0. The Morgan fingerprint density at radius 2 is 1.57 bits per heavy atom. The molecule has 0 saturated carbocycles. The molecule has 0 radical (unpaired) electrons. The van der Waals surface area contributed by atoms with E-state index in [1.807, 2.05) is 22.6 Å². The summed E-state index contributed by atoms with van der Waals surface area (Å²) in [6.07, 6.45) is -5.11. The first kappa shape index (κ1) is 22.4. The first-order valence-corrected chi connectivity index (χ1v) is 9.18. The summed E-state index contributed by atoms with van der Waals surface area (Å²) in [5.41, 5.74) is -4.64. The van der Waals surface area contributed by atoms with Crippen LogP contribution in [0.3, 0.4) is 0 Å². The highest BCUT2D eigenvalue weighted by Gasteiger charge is 2.42. The standard InChI is InChI=1S/C15H9Cl2F3IN3O4/c1-2-22(14-10(16)3-7(21)4-11(14)17)13-9(15(18,19)20)5-8(23(25)26)6-12(13)24(27)28/h3-6H,2H2,1H3. The highest BCUT2D eigenvalue weighted by molar-refractivity contribution is 14.1. The second-order valence-corrected chi connectivity index (χ2v) is 7.40. The van der Waals surface area contributed by atoms with Gasteiger partial charge >= 0.3 is 6.18 Å². The van der Waals surface area contributed by atoms with E-state index < -0.39 is 38.6 Å². The van der Waals surface area contributed by atoms with E-state index in [1.165, 1.54) is 19.1 Å². The first-order valence-electron chi connectivity index (χ1n) is 7.34. The number of nitro benzene ring substituents is 2. The molecule has 7 nitrogen and oxygen atoms in total. The number of rotatable bonds is 5. The molecule has 0 fully saturated rings. The fraction of sp³-hybridized carbons (Fsp3) is 0.200. The lowest BCUT2D eigenvalue weighted by molar-refractivity contribution is -0.394. The minimum absolute atomic E-state index is 0.0282. The van der Waals surface area contributed by atoms with Gasteiger partial charge in [0.25, 0.3) is 11.4 Å². The number of hydrogen-bond donors (Lipinski definition) is 0. The summed E-state index contributed by atoms with van der Waals surface area (Å²) < 4.78 is 41.6. The van der Waals surface area contributed by atoms with Crippen molar-refractivity contribution in [3.63, 3.8) is 0 Å². The van der Waals surface area contributed by atoms with Crippen LogP contribution in [0.5, 0.6) is 0 Å². The molecule has 2 aromatic carbocycles. The van der Waals surface area contributed by atoms with Crippen LogP contribution >= 0.6 is 45.8 Å². The second-order valence-electron chi connectivity index (χ2n) is 5.34. The number of alkyl halides is 3. The van der Waals surface area contributed by atoms with Crippen LogP contribution in [0.15, 0.2) is 24.3 Å². The number of benzene rings is 2. The van der Waals surface area contributed by atoms with E-state index in [1.54, 1.807) is 0 Å². The lowest BCUT2D eigenvalue weighted by Gasteiger charge is -2.28. The van der Waals surface area contributed by atoms with Gasteiger partial charge in [-0.1, -0.05) is 23.2 Å². The van der Waals surface area contributed by atoms with E-state index in [0.29, 0.717) is 9.64 Å². The molecule has 2 aromatic rings. The average molecular weight is 550 g/mol. The van der Waals surface area contributed by atoms with Crippen LogP contribution in [0.4, 0.5) is 35.9 Å². The fourth-order valence-electron chi connectivity index (χ4n) is 2.57. The van der Waals surface area contributed by atoms with Crippen molar-refractivity contribution >= 4 is 68.5 Å². The molecule has 0 heterocycles. The minimum atomic E-state index is -5.11. The maximum absolute atomic E-state index is 13.7. The van der Waals surface area contributed by atoms with Crippen molar-refractivity contribution in [1.29, 1.82) is 0 Å². The molecule has 0 aliphatic carbocycles. The van der Waals surface area contributed by atoms with Crippen LogP contribution in [0, 0.1) is 23.8 Å². The van der Waals surface area contributed by atoms with Gasteiger partial charge in [0.15, 0.2) is 0 Å². The van der Waals surface area contributed by atoms with Crippen molar-refractivity contribution in [2.45, 2.75) is 13.1 Å². The van der Waals surface area contributed by atoms with Crippen LogP contribution in [0.2, 0.25) is 10.0 Å². The SMILES string of the molecule is CCN(c1c(Cl)cc(I)cc1Cl)c1c([N+](=O)[O-])cc([N+](=O)[O-])cc1C(F)(F)F. The highest BCUT2D eigenvalue weighted by atomic mass is 127. The molecule has 0 saturated heterocycles. The minimum Gasteiger partial charge on any atom is -0.333 e. The smallest absolute Gasteiger partial charge is 0.333 e. The molecule has 28 heavy (non-hydrogen) atoms. The van der Waals surface area contributed by atoms with Gasteiger partial charge in [0, 0.05) is 16.2 Å². The molecule has 0 spiro atoms. The van der Waals surface area contributed by atoms with E-state index >= 15 is 0 Å². The summed E-state index contributed by atoms with van der Waals surface area (Å²) >= 11 is 14.2. The quantitative estimate of drug-likeness (QED) is 0.238. The van der Waals surface area contributed by atoms with Gasteiger partial charge in [-0.25, -0.2) is 0 Å². The highest BCUT2D eigenvalue weighted by Crippen LogP contribution is 2.49. The van der Waals surface area contributed by atoms with Crippen LogP contribution in [0.1, 0.15) is 12.5 Å². The predicted octanol–water partition coefficient (Wildman–Crippen LogP) is 6.59. The Balaban J connectivity index is 2.96. The largest absolute Gasteiger partial charge is 0.418 e. The van der Waals surface area contributed by atoms with Crippen molar-refractivity contribution in [2.24, 2.45) is 0 Å². The van der Waals surface area contributed by atoms with Crippen molar-refractivity contribution in [3.8, 4) is 0 Å². The Bertz CT molecular complexity index is 949. The van der Waals surface area contributed by atoms with E-state index in [9.17, 15) is 33.4 Å². The molecule has 0 atom stereocenters. The van der Waals surface area contributed by atoms with E-state index in [-0.39, 0.29) is 28.3 Å². The Morgan fingerprint density at radius 3 is 1.96 bits per heavy atom. The molecular weight excluding hydrogens is 541 g/mol. The topological polar surface area (TPSA) is 89.5 Å². The lowest BCUT2D eigenvalue weighted by Crippen LogP contribution is -2.23. The molecule has 0 bridgehead atoms. The van der Waals surface area contributed by atoms with Crippen LogP contribution in [0.25, 0.3) is 0 Å². The molecular formula is C15H9Cl2F3IN3O4. The molecule has 0 aliphatic heterocycles. The summed E-state index contributed by atoms with van der Waals surface area (Å²) in [5, 5.41) is 22.4. The predicted molar refractivity (Wildman–Crippen MR) is 107 cm³/mol. The van der Waals surface area contributed by atoms with Gasteiger partial charge in [-0.05, 0) is 41.6 Å². The van der Waals surface area contributed by atoms with Gasteiger partial charge in [0.2, 0.25) is 0 Å².